The molecule has 2 aromatic carbocycles. The molecule has 0 spiro atoms. The van der Waals surface area contributed by atoms with Gasteiger partial charge in [-0.3, -0.25) is 9.69 Å². The van der Waals surface area contributed by atoms with Gasteiger partial charge in [-0.1, -0.05) is 30.3 Å². The molecule has 2 aromatic rings. The van der Waals surface area contributed by atoms with E-state index in [-0.39, 0.29) is 5.91 Å². The maximum absolute atomic E-state index is 12.5. The predicted molar refractivity (Wildman–Crippen MR) is 111 cm³/mol. The number of rotatable bonds is 6. The number of nitriles is 1. The predicted octanol–water partition coefficient (Wildman–Crippen LogP) is 3.37. The molecule has 1 aliphatic heterocycles. The van der Waals surface area contributed by atoms with Crippen LogP contribution in [0.1, 0.15) is 5.56 Å². The molecule has 1 N–H and O–H groups in total. The van der Waals surface area contributed by atoms with Gasteiger partial charge in [0.05, 0.1) is 24.1 Å². The highest BCUT2D eigenvalue weighted by Crippen LogP contribution is 2.26. The Hall–Kier alpha value is -2.49. The summed E-state index contributed by atoms with van der Waals surface area (Å²) in [7, 11) is 0. The third kappa shape index (κ3) is 5.25. The fourth-order valence-electron chi connectivity index (χ4n) is 3.26. The standard InChI is InChI=1S/C21H24N4OS/c1-17-6-2-4-8-19(17)25-13-11-24(12-14-25)16-21(26)23-18-7-3-5-9-20(18)27-15-10-22/h2-9H,11-16H2,1H3,(H,23,26). The summed E-state index contributed by atoms with van der Waals surface area (Å²) in [6, 6.07) is 18.2. The van der Waals surface area contributed by atoms with Crippen molar-refractivity contribution in [1.82, 2.24) is 4.90 Å². The van der Waals surface area contributed by atoms with E-state index < -0.39 is 0 Å². The van der Waals surface area contributed by atoms with Crippen molar-refractivity contribution >= 4 is 29.0 Å². The lowest BCUT2D eigenvalue weighted by Crippen LogP contribution is -2.48. The Morgan fingerprint density at radius 3 is 2.56 bits per heavy atom. The summed E-state index contributed by atoms with van der Waals surface area (Å²) < 4.78 is 0. The summed E-state index contributed by atoms with van der Waals surface area (Å²) in [5.74, 6) is 0.359. The molecule has 1 amide bonds. The van der Waals surface area contributed by atoms with E-state index in [0.29, 0.717) is 12.3 Å². The Morgan fingerprint density at radius 1 is 1.11 bits per heavy atom. The van der Waals surface area contributed by atoms with Crippen molar-refractivity contribution in [2.45, 2.75) is 11.8 Å². The fraction of sp³-hybridized carbons (Fsp3) is 0.333. The summed E-state index contributed by atoms with van der Waals surface area (Å²) >= 11 is 1.44. The molecule has 27 heavy (non-hydrogen) atoms. The molecule has 0 aliphatic carbocycles. The smallest absolute Gasteiger partial charge is 0.238 e. The van der Waals surface area contributed by atoms with Crippen LogP contribution in [0.3, 0.4) is 0 Å². The van der Waals surface area contributed by atoms with Crippen molar-refractivity contribution in [2.24, 2.45) is 0 Å². The lowest BCUT2D eigenvalue weighted by atomic mass is 10.1. The number of hydrogen-bond acceptors (Lipinski definition) is 5. The molecule has 0 radical (unpaired) electrons. The van der Waals surface area contributed by atoms with E-state index >= 15 is 0 Å². The van der Waals surface area contributed by atoms with Crippen LogP contribution in [0.25, 0.3) is 0 Å². The fourth-order valence-corrected chi connectivity index (χ4v) is 3.93. The van der Waals surface area contributed by atoms with Gasteiger partial charge < -0.3 is 10.2 Å². The number of nitrogens with one attached hydrogen (secondary N) is 1. The van der Waals surface area contributed by atoms with Crippen LogP contribution in [0.15, 0.2) is 53.4 Å². The van der Waals surface area contributed by atoms with E-state index in [1.54, 1.807) is 0 Å². The molecule has 0 bridgehead atoms. The number of carbonyl (C=O) groups excluding carboxylic acids is 1. The highest BCUT2D eigenvalue weighted by molar-refractivity contribution is 7.99. The number of amides is 1. The van der Waals surface area contributed by atoms with Gasteiger partial charge in [0.15, 0.2) is 0 Å². The molecule has 0 saturated carbocycles. The minimum atomic E-state index is -0.00986. The summed E-state index contributed by atoms with van der Waals surface area (Å²) in [5.41, 5.74) is 3.35. The molecule has 140 valence electrons. The number of nitrogens with zero attached hydrogens (tertiary/aromatic N) is 3. The van der Waals surface area contributed by atoms with Gasteiger partial charge in [-0.15, -0.1) is 11.8 Å². The van der Waals surface area contributed by atoms with Gasteiger partial charge in [0, 0.05) is 36.8 Å². The molecular formula is C21H24N4OS. The third-order valence-electron chi connectivity index (χ3n) is 4.65. The summed E-state index contributed by atoms with van der Waals surface area (Å²) in [6.07, 6.45) is 0. The molecule has 0 atom stereocenters. The summed E-state index contributed by atoms with van der Waals surface area (Å²) in [6.45, 7) is 6.11. The van der Waals surface area contributed by atoms with E-state index in [9.17, 15) is 4.79 Å². The Kier molecular flexibility index (Phi) is 6.74. The van der Waals surface area contributed by atoms with Crippen molar-refractivity contribution in [1.29, 1.82) is 5.26 Å². The Labute approximate surface area is 165 Å². The van der Waals surface area contributed by atoms with E-state index in [0.717, 1.165) is 36.8 Å². The molecular weight excluding hydrogens is 356 g/mol. The van der Waals surface area contributed by atoms with E-state index in [4.69, 9.17) is 5.26 Å². The summed E-state index contributed by atoms with van der Waals surface area (Å²) in [4.78, 5) is 18.0. The first-order valence-electron chi connectivity index (χ1n) is 9.09. The number of carbonyl (C=O) groups is 1. The molecule has 1 aliphatic rings. The maximum Gasteiger partial charge on any atom is 0.238 e. The SMILES string of the molecule is Cc1ccccc1N1CCN(CC(=O)Nc2ccccc2SCC#N)CC1. The largest absolute Gasteiger partial charge is 0.369 e. The monoisotopic (exact) mass is 380 g/mol. The lowest BCUT2D eigenvalue weighted by molar-refractivity contribution is -0.117. The average molecular weight is 381 g/mol. The maximum atomic E-state index is 12.5. The first kappa shape index (κ1) is 19.3. The second-order valence-corrected chi connectivity index (χ2v) is 7.56. The molecule has 1 saturated heterocycles. The number of para-hydroxylation sites is 2. The van der Waals surface area contributed by atoms with Crippen LogP contribution in [0, 0.1) is 18.3 Å². The third-order valence-corrected chi connectivity index (χ3v) is 5.59. The van der Waals surface area contributed by atoms with E-state index in [1.165, 1.54) is 23.0 Å². The quantitative estimate of drug-likeness (QED) is 0.779. The second-order valence-electron chi connectivity index (χ2n) is 6.54. The molecule has 6 heteroatoms. The van der Waals surface area contributed by atoms with Gasteiger partial charge in [0.2, 0.25) is 5.91 Å². The van der Waals surface area contributed by atoms with Crippen LogP contribution in [0.4, 0.5) is 11.4 Å². The molecule has 0 aromatic heterocycles. The number of thioether (sulfide) groups is 1. The molecule has 1 heterocycles. The van der Waals surface area contributed by atoms with Crippen LogP contribution in [0.5, 0.6) is 0 Å². The van der Waals surface area contributed by atoms with Gasteiger partial charge in [0.25, 0.3) is 0 Å². The minimum absolute atomic E-state index is 0.00986. The zero-order chi connectivity index (χ0) is 19.1. The molecule has 3 rings (SSSR count). The van der Waals surface area contributed by atoms with Crippen molar-refractivity contribution < 1.29 is 4.79 Å². The Morgan fingerprint density at radius 2 is 1.81 bits per heavy atom. The van der Waals surface area contributed by atoms with Gasteiger partial charge in [-0.2, -0.15) is 5.26 Å². The van der Waals surface area contributed by atoms with Crippen molar-refractivity contribution in [3.8, 4) is 6.07 Å². The van der Waals surface area contributed by atoms with E-state index in [1.807, 2.05) is 24.3 Å². The van der Waals surface area contributed by atoms with Gasteiger partial charge in [-0.05, 0) is 30.7 Å². The average Bonchev–Trinajstić information content (AvgIpc) is 2.68. The van der Waals surface area contributed by atoms with Crippen LogP contribution < -0.4 is 10.2 Å². The van der Waals surface area contributed by atoms with Crippen LogP contribution in [-0.2, 0) is 4.79 Å². The normalized spacial score (nSPS) is 14.6. The minimum Gasteiger partial charge on any atom is -0.369 e. The second kappa shape index (κ2) is 9.45. The van der Waals surface area contributed by atoms with Crippen LogP contribution in [-0.4, -0.2) is 49.3 Å². The number of benzene rings is 2. The van der Waals surface area contributed by atoms with Crippen molar-refractivity contribution in [3.63, 3.8) is 0 Å². The molecule has 1 fully saturated rings. The highest BCUT2D eigenvalue weighted by Gasteiger charge is 2.20. The van der Waals surface area contributed by atoms with Gasteiger partial charge in [0.1, 0.15) is 0 Å². The van der Waals surface area contributed by atoms with Crippen LogP contribution in [0.2, 0.25) is 0 Å². The van der Waals surface area contributed by atoms with Crippen molar-refractivity contribution in [2.75, 3.05) is 48.7 Å². The number of aryl methyl sites for hydroxylation is 1. The first-order chi connectivity index (χ1) is 13.2. The zero-order valence-corrected chi connectivity index (χ0v) is 16.3. The first-order valence-corrected chi connectivity index (χ1v) is 10.1. The van der Waals surface area contributed by atoms with Crippen molar-refractivity contribution in [3.05, 3.63) is 54.1 Å². The number of hydrogen-bond donors (Lipinski definition) is 1. The Bertz CT molecular complexity index is 825. The Balaban J connectivity index is 1.52. The van der Waals surface area contributed by atoms with Gasteiger partial charge in [-0.25, -0.2) is 0 Å². The topological polar surface area (TPSA) is 59.4 Å². The molecule has 5 nitrogen and oxygen atoms in total. The molecule has 0 unspecified atom stereocenters. The van der Waals surface area contributed by atoms with Gasteiger partial charge >= 0.3 is 0 Å². The summed E-state index contributed by atoms with van der Waals surface area (Å²) in [5, 5.41) is 11.8. The zero-order valence-electron chi connectivity index (χ0n) is 15.5. The number of anilines is 2. The van der Waals surface area contributed by atoms with Crippen LogP contribution >= 0.6 is 11.8 Å². The highest BCUT2D eigenvalue weighted by atomic mass is 32.2. The lowest BCUT2D eigenvalue weighted by Gasteiger charge is -2.36. The number of piperazine rings is 1. The van der Waals surface area contributed by atoms with E-state index in [2.05, 4.69) is 52.4 Å².